The van der Waals surface area contributed by atoms with Gasteiger partial charge < -0.3 is 26.6 Å². The first-order valence-corrected chi connectivity index (χ1v) is 8.72. The number of alkyl halides is 2. The van der Waals surface area contributed by atoms with Crippen molar-refractivity contribution in [1.82, 2.24) is 9.97 Å². The molecule has 0 radical (unpaired) electrons. The Labute approximate surface area is 175 Å². The van der Waals surface area contributed by atoms with Gasteiger partial charge in [0.25, 0.3) is 17.9 Å². The van der Waals surface area contributed by atoms with E-state index in [2.05, 4.69) is 31.9 Å². The normalized spacial score (nSPS) is 11.8. The maximum atomic E-state index is 14.3. The first-order chi connectivity index (χ1) is 14.5. The van der Waals surface area contributed by atoms with Gasteiger partial charge in [-0.15, -0.1) is 0 Å². The lowest BCUT2D eigenvalue weighted by Gasteiger charge is -2.23. The number of nitrogens with one attached hydrogen (secondary N) is 2. The molecule has 1 atom stereocenters. The Balaban J connectivity index is 2.23. The number of amides is 1. The molecule has 0 fully saturated rings. The number of aliphatic hydroxyl groups excluding tert-OH is 1. The summed E-state index contributed by atoms with van der Waals surface area (Å²) >= 11 is 0. The third-order valence-electron chi connectivity index (χ3n) is 4.02. The van der Waals surface area contributed by atoms with Gasteiger partial charge in [-0.25, -0.2) is 23.1 Å². The number of amidine groups is 1. The summed E-state index contributed by atoms with van der Waals surface area (Å²) in [5, 5.41) is 17.9. The summed E-state index contributed by atoms with van der Waals surface area (Å²) in [6.07, 6.45) is 1.26. The first kappa shape index (κ1) is 23.4. The second-order valence-corrected chi connectivity index (χ2v) is 6.28. The van der Waals surface area contributed by atoms with Crippen LogP contribution in [0.2, 0.25) is 0 Å². The zero-order chi connectivity index (χ0) is 23.2. The molecule has 2 heterocycles. The molecular weight excluding hydrogens is 417 g/mol. The van der Waals surface area contributed by atoms with Crippen molar-refractivity contribution >= 4 is 23.4 Å². The Bertz CT molecular complexity index is 1050. The molecule has 0 unspecified atom stereocenters. The van der Waals surface area contributed by atoms with Gasteiger partial charge in [-0.3, -0.25) is 10.2 Å². The Morgan fingerprint density at radius 1 is 1.45 bits per heavy atom. The van der Waals surface area contributed by atoms with Crippen LogP contribution in [0.3, 0.4) is 0 Å². The third kappa shape index (κ3) is 6.06. The standard InChI is InChI=1S/C19H19F3N6O3/c1-10(19(21,22)9-31-18(24)25)15-12(20)4-5-14(27-15)28-17(30)16-13(23)7-11(8-26-16)3-2-6-29/h4-5,7-8,10,29H,6,9,23H2,1H3,(H3,24,25)(H,27,28,30)/t10-/m0/s1. The molecule has 2 rings (SSSR count). The van der Waals surface area contributed by atoms with Gasteiger partial charge in [-0.2, -0.15) is 0 Å². The van der Waals surface area contributed by atoms with Crippen molar-refractivity contribution in [3.05, 3.63) is 47.2 Å². The van der Waals surface area contributed by atoms with Gasteiger partial charge in [0.2, 0.25) is 0 Å². The Hall–Kier alpha value is -3.85. The highest BCUT2D eigenvalue weighted by Gasteiger charge is 2.41. The van der Waals surface area contributed by atoms with Crippen LogP contribution >= 0.6 is 0 Å². The molecule has 0 aliphatic rings. The zero-order valence-corrected chi connectivity index (χ0v) is 16.2. The minimum atomic E-state index is -3.60. The summed E-state index contributed by atoms with van der Waals surface area (Å²) in [6, 6.07) is 2.43. The molecule has 0 bridgehead atoms. The monoisotopic (exact) mass is 436 g/mol. The number of hydrogen-bond donors (Lipinski definition) is 5. The van der Waals surface area contributed by atoms with Crippen LogP contribution in [-0.2, 0) is 4.74 Å². The van der Waals surface area contributed by atoms with E-state index in [9.17, 15) is 18.0 Å². The number of carbonyl (C=O) groups excluding carboxylic acids is 1. The number of nitrogen functional groups attached to an aromatic ring is 1. The first-order valence-electron chi connectivity index (χ1n) is 8.72. The van der Waals surface area contributed by atoms with Gasteiger partial charge in [0, 0.05) is 11.8 Å². The van der Waals surface area contributed by atoms with Crippen molar-refractivity contribution in [2.45, 2.75) is 18.8 Å². The smallest absolute Gasteiger partial charge is 0.289 e. The average Bonchev–Trinajstić information content (AvgIpc) is 2.71. The van der Waals surface area contributed by atoms with E-state index in [4.69, 9.17) is 22.0 Å². The van der Waals surface area contributed by atoms with Crippen LogP contribution in [0.4, 0.5) is 24.7 Å². The summed E-state index contributed by atoms with van der Waals surface area (Å²) in [7, 11) is 0. The fourth-order valence-corrected chi connectivity index (χ4v) is 2.39. The van der Waals surface area contributed by atoms with Crippen LogP contribution in [0, 0.1) is 23.1 Å². The van der Waals surface area contributed by atoms with Gasteiger partial charge in [0.1, 0.15) is 18.2 Å². The number of nitrogens with two attached hydrogens (primary N) is 2. The molecule has 1 amide bonds. The highest BCUT2D eigenvalue weighted by atomic mass is 19.3. The average molecular weight is 436 g/mol. The van der Waals surface area contributed by atoms with E-state index in [1.165, 1.54) is 12.3 Å². The molecule has 2 aromatic rings. The molecule has 0 aliphatic carbocycles. The number of carbonyl (C=O) groups is 1. The lowest BCUT2D eigenvalue weighted by atomic mass is 9.99. The lowest BCUT2D eigenvalue weighted by Crippen LogP contribution is -2.34. The number of ether oxygens (including phenoxy) is 1. The van der Waals surface area contributed by atoms with Crippen molar-refractivity contribution in [1.29, 1.82) is 5.41 Å². The predicted molar refractivity (Wildman–Crippen MR) is 106 cm³/mol. The minimum absolute atomic E-state index is 0.0224. The van der Waals surface area contributed by atoms with Crippen LogP contribution in [0.5, 0.6) is 0 Å². The SMILES string of the molecule is C[C@@H](c1nc(NC(=O)c2ncc(C#CCO)cc2N)ccc1F)C(F)(F)COC(=N)N. The molecular formula is C19H19F3N6O3. The van der Waals surface area contributed by atoms with E-state index in [-0.39, 0.29) is 23.8 Å². The zero-order valence-electron chi connectivity index (χ0n) is 16.2. The van der Waals surface area contributed by atoms with E-state index in [1.807, 2.05) is 0 Å². The van der Waals surface area contributed by atoms with Crippen LogP contribution < -0.4 is 16.8 Å². The summed E-state index contributed by atoms with van der Waals surface area (Å²) in [5.74, 6) is -2.39. The van der Waals surface area contributed by atoms with Gasteiger partial charge in [0.15, 0.2) is 12.3 Å². The molecule has 0 spiro atoms. The number of anilines is 2. The van der Waals surface area contributed by atoms with Crippen molar-refractivity contribution in [2.75, 3.05) is 24.3 Å². The topological polar surface area (TPSA) is 160 Å². The van der Waals surface area contributed by atoms with Gasteiger partial charge in [-0.05, 0) is 18.2 Å². The van der Waals surface area contributed by atoms with Crippen molar-refractivity contribution < 1.29 is 27.8 Å². The minimum Gasteiger partial charge on any atom is -0.459 e. The van der Waals surface area contributed by atoms with Crippen LogP contribution in [0.25, 0.3) is 0 Å². The molecule has 31 heavy (non-hydrogen) atoms. The fourth-order valence-electron chi connectivity index (χ4n) is 2.39. The summed E-state index contributed by atoms with van der Waals surface area (Å²) in [4.78, 5) is 20.1. The number of pyridine rings is 2. The summed E-state index contributed by atoms with van der Waals surface area (Å²) in [5.41, 5.74) is 10.2. The molecule has 2 aromatic heterocycles. The molecule has 0 saturated heterocycles. The number of nitrogens with zero attached hydrogens (tertiary/aromatic N) is 2. The third-order valence-corrected chi connectivity index (χ3v) is 4.02. The van der Waals surface area contributed by atoms with E-state index in [1.54, 1.807) is 0 Å². The Morgan fingerprint density at radius 3 is 2.77 bits per heavy atom. The highest BCUT2D eigenvalue weighted by molar-refractivity contribution is 6.05. The molecule has 9 nitrogen and oxygen atoms in total. The second-order valence-electron chi connectivity index (χ2n) is 6.28. The van der Waals surface area contributed by atoms with Crippen molar-refractivity contribution in [2.24, 2.45) is 5.73 Å². The number of halogens is 3. The lowest BCUT2D eigenvalue weighted by molar-refractivity contribution is -0.0659. The van der Waals surface area contributed by atoms with E-state index >= 15 is 0 Å². The maximum absolute atomic E-state index is 14.3. The second kappa shape index (κ2) is 9.77. The summed E-state index contributed by atoms with van der Waals surface area (Å²) in [6.45, 7) is -0.585. The van der Waals surface area contributed by atoms with E-state index in [0.717, 1.165) is 19.1 Å². The molecule has 12 heteroatoms. The van der Waals surface area contributed by atoms with Crippen molar-refractivity contribution in [3.8, 4) is 11.8 Å². The van der Waals surface area contributed by atoms with E-state index in [0.29, 0.717) is 5.56 Å². The Kier molecular flexibility index (Phi) is 7.38. The summed E-state index contributed by atoms with van der Waals surface area (Å²) < 4.78 is 47.0. The number of hydrogen-bond acceptors (Lipinski definition) is 7. The number of rotatable bonds is 6. The highest BCUT2D eigenvalue weighted by Crippen LogP contribution is 2.34. The molecule has 164 valence electrons. The molecule has 0 aliphatic heterocycles. The Morgan fingerprint density at radius 2 is 2.16 bits per heavy atom. The van der Waals surface area contributed by atoms with Gasteiger partial charge in [0.05, 0.1) is 17.3 Å². The van der Waals surface area contributed by atoms with E-state index < -0.39 is 41.9 Å². The molecule has 0 saturated carbocycles. The van der Waals surface area contributed by atoms with Gasteiger partial charge in [-0.1, -0.05) is 18.8 Å². The van der Waals surface area contributed by atoms with Crippen LogP contribution in [0.15, 0.2) is 24.4 Å². The molecule has 7 N–H and O–H groups in total. The van der Waals surface area contributed by atoms with Gasteiger partial charge >= 0.3 is 0 Å². The van der Waals surface area contributed by atoms with Crippen molar-refractivity contribution in [3.63, 3.8) is 0 Å². The maximum Gasteiger partial charge on any atom is 0.289 e. The quantitative estimate of drug-likeness (QED) is 0.260. The predicted octanol–water partition coefficient (Wildman–Crippen LogP) is 1.44. The number of aromatic nitrogens is 2. The largest absolute Gasteiger partial charge is 0.459 e. The van der Waals surface area contributed by atoms with Crippen LogP contribution in [-0.4, -0.2) is 46.1 Å². The number of aliphatic hydroxyl groups is 1. The fraction of sp³-hybridized carbons (Fsp3) is 0.263. The van der Waals surface area contributed by atoms with Crippen LogP contribution in [0.1, 0.15) is 34.6 Å². The molecule has 0 aromatic carbocycles.